The Labute approximate surface area is 109 Å². The molecule has 100 valence electrons. The molecule has 4 heteroatoms. The summed E-state index contributed by atoms with van der Waals surface area (Å²) in [4.78, 5) is 12.0. The zero-order chi connectivity index (χ0) is 14.0. The molecule has 0 saturated heterocycles. The highest BCUT2D eigenvalue weighted by Crippen LogP contribution is 2.10. The molecule has 1 amide bonds. The molecular weight excluding hydrogens is 226 g/mol. The highest BCUT2D eigenvalue weighted by atomic mass is 16.1. The summed E-state index contributed by atoms with van der Waals surface area (Å²) in [5.41, 5.74) is 8.96. The van der Waals surface area contributed by atoms with Crippen LogP contribution in [0.5, 0.6) is 0 Å². The van der Waals surface area contributed by atoms with Gasteiger partial charge in [-0.05, 0) is 31.6 Å². The molecule has 0 aliphatic carbocycles. The summed E-state index contributed by atoms with van der Waals surface area (Å²) in [7, 11) is 0. The maximum absolute atomic E-state index is 12.0. The molecule has 0 bridgehead atoms. The molecule has 0 aliphatic heterocycles. The van der Waals surface area contributed by atoms with Gasteiger partial charge in [0, 0.05) is 19.3 Å². The topological polar surface area (TPSA) is 67.1 Å². The van der Waals surface area contributed by atoms with Gasteiger partial charge in [0.25, 0.3) is 0 Å². The Morgan fingerprint density at radius 2 is 2.17 bits per heavy atom. The minimum Gasteiger partial charge on any atom is -0.353 e. The van der Waals surface area contributed by atoms with Crippen LogP contribution in [0.1, 0.15) is 13.8 Å². The molecule has 0 heterocycles. The van der Waals surface area contributed by atoms with Crippen molar-refractivity contribution in [2.75, 3.05) is 13.2 Å². The molecule has 0 rings (SSSR count). The molecule has 0 radical (unpaired) electrons. The van der Waals surface area contributed by atoms with Crippen LogP contribution >= 0.6 is 0 Å². The lowest BCUT2D eigenvalue weighted by Gasteiger charge is -2.18. The fourth-order valence-corrected chi connectivity index (χ4v) is 1.33. The monoisotopic (exact) mass is 249 g/mol. The van der Waals surface area contributed by atoms with Crippen molar-refractivity contribution in [2.24, 2.45) is 11.7 Å². The number of carbonyl (C=O) groups excluding carboxylic acids is 1. The maximum atomic E-state index is 12.0. The second-order valence-corrected chi connectivity index (χ2v) is 4.16. The standard InChI is InChI=1S/C14H23N3O/c1-5-6-7-8-12(4)13(9-16-10-15)14(18)17-11(2)3/h5-6,8,11,13,16H,1,4,9-10,15H2,2-3H3,(H,17,18). The molecule has 0 aliphatic rings. The summed E-state index contributed by atoms with van der Waals surface area (Å²) in [6.45, 7) is 12.1. The van der Waals surface area contributed by atoms with Gasteiger partial charge in [0.1, 0.15) is 0 Å². The first-order chi connectivity index (χ1) is 8.52. The quantitative estimate of drug-likeness (QED) is 0.343. The average molecular weight is 249 g/mol. The van der Waals surface area contributed by atoms with Crippen molar-refractivity contribution in [1.29, 1.82) is 0 Å². The number of amides is 1. The van der Waals surface area contributed by atoms with Crippen molar-refractivity contribution in [3.8, 4) is 0 Å². The van der Waals surface area contributed by atoms with Gasteiger partial charge in [0.05, 0.1) is 5.92 Å². The van der Waals surface area contributed by atoms with Crippen molar-refractivity contribution in [1.82, 2.24) is 10.6 Å². The molecule has 4 N–H and O–H groups in total. The first kappa shape index (κ1) is 16.4. The third kappa shape index (κ3) is 6.86. The van der Waals surface area contributed by atoms with Crippen LogP contribution in [-0.4, -0.2) is 25.2 Å². The molecule has 18 heavy (non-hydrogen) atoms. The van der Waals surface area contributed by atoms with Crippen molar-refractivity contribution in [2.45, 2.75) is 19.9 Å². The maximum Gasteiger partial charge on any atom is 0.229 e. The zero-order valence-corrected chi connectivity index (χ0v) is 11.2. The molecule has 1 atom stereocenters. The molecule has 0 spiro atoms. The lowest BCUT2D eigenvalue weighted by Crippen LogP contribution is -2.41. The van der Waals surface area contributed by atoms with Crippen LogP contribution in [0.2, 0.25) is 0 Å². The van der Waals surface area contributed by atoms with E-state index in [9.17, 15) is 4.79 Å². The highest BCUT2D eigenvalue weighted by Gasteiger charge is 2.20. The van der Waals surface area contributed by atoms with E-state index in [-0.39, 0.29) is 17.9 Å². The van der Waals surface area contributed by atoms with E-state index in [1.807, 2.05) is 13.8 Å². The molecule has 0 aromatic carbocycles. The van der Waals surface area contributed by atoms with Gasteiger partial charge < -0.3 is 16.4 Å². The van der Waals surface area contributed by atoms with Gasteiger partial charge in [-0.2, -0.15) is 0 Å². The number of carbonyl (C=O) groups is 1. The third-order valence-corrected chi connectivity index (χ3v) is 2.17. The van der Waals surface area contributed by atoms with Crippen LogP contribution in [-0.2, 0) is 4.79 Å². The molecule has 0 fully saturated rings. The largest absolute Gasteiger partial charge is 0.353 e. The van der Waals surface area contributed by atoms with E-state index >= 15 is 0 Å². The first-order valence-corrected chi connectivity index (χ1v) is 5.96. The minimum atomic E-state index is -0.346. The fourth-order valence-electron chi connectivity index (χ4n) is 1.33. The zero-order valence-electron chi connectivity index (χ0n) is 11.2. The SMILES string of the molecule is C=CC=C=CC(=C)C(CNCN)C(=O)NC(C)C. The number of hydrogen-bond donors (Lipinski definition) is 3. The Kier molecular flexibility index (Phi) is 8.58. The van der Waals surface area contributed by atoms with E-state index in [4.69, 9.17) is 5.73 Å². The second-order valence-electron chi connectivity index (χ2n) is 4.16. The van der Waals surface area contributed by atoms with Gasteiger partial charge in [0.15, 0.2) is 0 Å². The lowest BCUT2D eigenvalue weighted by molar-refractivity contribution is -0.124. The molecule has 1 unspecified atom stereocenters. The van der Waals surface area contributed by atoms with Crippen LogP contribution in [0.4, 0.5) is 0 Å². The molecule has 0 saturated carbocycles. The molecule has 0 aromatic heterocycles. The van der Waals surface area contributed by atoms with Crippen LogP contribution in [0.3, 0.4) is 0 Å². The average Bonchev–Trinajstić information content (AvgIpc) is 2.29. The van der Waals surface area contributed by atoms with Gasteiger partial charge in [-0.25, -0.2) is 0 Å². The summed E-state index contributed by atoms with van der Waals surface area (Å²) in [6, 6.07) is 0.0957. The van der Waals surface area contributed by atoms with E-state index in [2.05, 4.69) is 29.5 Å². The van der Waals surface area contributed by atoms with Crippen molar-refractivity contribution < 1.29 is 4.79 Å². The van der Waals surface area contributed by atoms with Gasteiger partial charge in [-0.15, -0.1) is 5.73 Å². The number of rotatable bonds is 8. The minimum absolute atomic E-state index is 0.0624. The van der Waals surface area contributed by atoms with Gasteiger partial charge in [0.2, 0.25) is 5.91 Å². The van der Waals surface area contributed by atoms with E-state index in [1.54, 1.807) is 18.2 Å². The summed E-state index contributed by atoms with van der Waals surface area (Å²) in [5.74, 6) is -0.408. The first-order valence-electron chi connectivity index (χ1n) is 5.96. The van der Waals surface area contributed by atoms with E-state index in [0.29, 0.717) is 18.8 Å². The summed E-state index contributed by atoms with van der Waals surface area (Å²) in [6.07, 6.45) is 4.97. The number of hydrogen-bond acceptors (Lipinski definition) is 3. The van der Waals surface area contributed by atoms with Crippen molar-refractivity contribution in [3.63, 3.8) is 0 Å². The number of nitrogens with one attached hydrogen (secondary N) is 2. The van der Waals surface area contributed by atoms with Crippen LogP contribution in [0, 0.1) is 5.92 Å². The van der Waals surface area contributed by atoms with Gasteiger partial charge in [-0.1, -0.05) is 19.2 Å². The van der Waals surface area contributed by atoms with Gasteiger partial charge >= 0.3 is 0 Å². The highest BCUT2D eigenvalue weighted by molar-refractivity contribution is 5.82. The van der Waals surface area contributed by atoms with Crippen LogP contribution in [0.15, 0.2) is 42.7 Å². The van der Waals surface area contributed by atoms with E-state index in [0.717, 1.165) is 0 Å². The molecule has 0 aromatic rings. The van der Waals surface area contributed by atoms with Crippen molar-refractivity contribution >= 4 is 5.91 Å². The Morgan fingerprint density at radius 3 is 2.67 bits per heavy atom. The summed E-state index contributed by atoms with van der Waals surface area (Å²) < 4.78 is 0. The molecule has 4 nitrogen and oxygen atoms in total. The molecular formula is C14H23N3O. The van der Waals surface area contributed by atoms with E-state index < -0.39 is 0 Å². The van der Waals surface area contributed by atoms with Gasteiger partial charge in [-0.3, -0.25) is 4.79 Å². The summed E-state index contributed by atoms with van der Waals surface area (Å²) in [5, 5.41) is 5.82. The van der Waals surface area contributed by atoms with Crippen molar-refractivity contribution in [3.05, 3.63) is 42.7 Å². The Hall–Kier alpha value is -1.61. The number of nitrogens with two attached hydrogens (primary N) is 1. The Bertz CT molecular complexity index is 352. The third-order valence-electron chi connectivity index (χ3n) is 2.17. The predicted molar refractivity (Wildman–Crippen MR) is 75.8 cm³/mol. The Balaban J connectivity index is 4.75. The normalized spacial score (nSPS) is 11.3. The fraction of sp³-hybridized carbons (Fsp3) is 0.429. The summed E-state index contributed by atoms with van der Waals surface area (Å²) >= 11 is 0. The van der Waals surface area contributed by atoms with Crippen LogP contribution in [0.25, 0.3) is 0 Å². The van der Waals surface area contributed by atoms with Crippen LogP contribution < -0.4 is 16.4 Å². The predicted octanol–water partition coefficient (Wildman–Crippen LogP) is 1.09. The smallest absolute Gasteiger partial charge is 0.229 e. The second kappa shape index (κ2) is 9.42. The lowest BCUT2D eigenvalue weighted by atomic mass is 9.99. The number of allylic oxidation sites excluding steroid dienone is 2. The Morgan fingerprint density at radius 1 is 1.50 bits per heavy atom. The van der Waals surface area contributed by atoms with E-state index in [1.165, 1.54) is 0 Å².